The SMILES string of the molecule is CCOC(=O)c1ccc(N)cc1OCc1cc(Br)cs1. The Morgan fingerprint density at radius 1 is 1.40 bits per heavy atom. The number of hydrogen-bond donors (Lipinski definition) is 1. The highest BCUT2D eigenvalue weighted by molar-refractivity contribution is 9.10. The molecule has 0 atom stereocenters. The van der Waals surface area contributed by atoms with Crippen LogP contribution >= 0.6 is 27.3 Å². The van der Waals surface area contributed by atoms with Crippen LogP contribution in [0, 0.1) is 0 Å². The molecule has 0 aliphatic rings. The molecular formula is C14H14BrNO3S. The maximum Gasteiger partial charge on any atom is 0.341 e. The summed E-state index contributed by atoms with van der Waals surface area (Å²) >= 11 is 4.97. The van der Waals surface area contributed by atoms with Gasteiger partial charge < -0.3 is 15.2 Å². The molecule has 0 unspecified atom stereocenters. The van der Waals surface area contributed by atoms with Crippen molar-refractivity contribution in [2.75, 3.05) is 12.3 Å². The van der Waals surface area contributed by atoms with Crippen molar-refractivity contribution in [3.05, 3.63) is 44.6 Å². The van der Waals surface area contributed by atoms with Gasteiger partial charge in [0.05, 0.1) is 6.61 Å². The van der Waals surface area contributed by atoms with E-state index in [-0.39, 0.29) is 0 Å². The molecule has 20 heavy (non-hydrogen) atoms. The van der Waals surface area contributed by atoms with Crippen molar-refractivity contribution >= 4 is 38.9 Å². The number of halogens is 1. The largest absolute Gasteiger partial charge is 0.487 e. The van der Waals surface area contributed by atoms with Crippen molar-refractivity contribution in [1.29, 1.82) is 0 Å². The third-order valence-corrected chi connectivity index (χ3v) is 4.16. The molecule has 2 rings (SSSR count). The molecule has 0 aliphatic heterocycles. The van der Waals surface area contributed by atoms with E-state index in [1.54, 1.807) is 36.5 Å². The molecular weight excluding hydrogens is 342 g/mol. The minimum atomic E-state index is -0.408. The van der Waals surface area contributed by atoms with E-state index in [0.29, 0.717) is 30.2 Å². The van der Waals surface area contributed by atoms with Gasteiger partial charge in [-0.25, -0.2) is 4.79 Å². The van der Waals surface area contributed by atoms with Gasteiger partial charge in [0.2, 0.25) is 0 Å². The molecule has 0 saturated heterocycles. The first kappa shape index (κ1) is 14.9. The summed E-state index contributed by atoms with van der Waals surface area (Å²) in [5, 5.41) is 1.98. The monoisotopic (exact) mass is 355 g/mol. The number of anilines is 1. The Labute approximate surface area is 129 Å². The summed E-state index contributed by atoms with van der Waals surface area (Å²) in [6.45, 7) is 2.46. The second-order valence-electron chi connectivity index (χ2n) is 4.00. The molecule has 0 radical (unpaired) electrons. The van der Waals surface area contributed by atoms with Crippen molar-refractivity contribution < 1.29 is 14.3 Å². The van der Waals surface area contributed by atoms with E-state index in [1.165, 1.54) is 0 Å². The van der Waals surface area contributed by atoms with Gasteiger partial charge in [-0.15, -0.1) is 11.3 Å². The smallest absolute Gasteiger partial charge is 0.341 e. The first-order valence-electron chi connectivity index (χ1n) is 6.02. The normalized spacial score (nSPS) is 10.3. The first-order chi connectivity index (χ1) is 9.60. The van der Waals surface area contributed by atoms with Gasteiger partial charge in [0.25, 0.3) is 0 Å². The van der Waals surface area contributed by atoms with Crippen LogP contribution in [-0.2, 0) is 11.3 Å². The van der Waals surface area contributed by atoms with E-state index >= 15 is 0 Å². The number of carbonyl (C=O) groups excluding carboxylic acids is 1. The molecule has 1 heterocycles. The number of thiophene rings is 1. The fourth-order valence-electron chi connectivity index (χ4n) is 1.61. The number of nitrogens with two attached hydrogens (primary N) is 1. The van der Waals surface area contributed by atoms with Crippen LogP contribution in [-0.4, -0.2) is 12.6 Å². The summed E-state index contributed by atoms with van der Waals surface area (Å²) in [7, 11) is 0. The molecule has 0 spiro atoms. The van der Waals surface area contributed by atoms with Crippen LogP contribution in [0.25, 0.3) is 0 Å². The van der Waals surface area contributed by atoms with Gasteiger partial charge >= 0.3 is 5.97 Å². The van der Waals surface area contributed by atoms with Gasteiger partial charge in [-0.3, -0.25) is 0 Å². The third-order valence-electron chi connectivity index (χ3n) is 2.49. The molecule has 1 aromatic heterocycles. The summed E-state index contributed by atoms with van der Waals surface area (Å²) in [5.41, 5.74) is 6.67. The van der Waals surface area contributed by atoms with Crippen molar-refractivity contribution in [2.24, 2.45) is 0 Å². The molecule has 4 nitrogen and oxygen atoms in total. The number of carbonyl (C=O) groups is 1. The molecule has 0 aliphatic carbocycles. The van der Waals surface area contributed by atoms with Crippen LogP contribution in [0.3, 0.4) is 0 Å². The zero-order valence-electron chi connectivity index (χ0n) is 10.9. The number of nitrogen functional groups attached to an aromatic ring is 1. The number of esters is 1. The van der Waals surface area contributed by atoms with Gasteiger partial charge in [0.1, 0.15) is 17.9 Å². The van der Waals surface area contributed by atoms with Gasteiger partial charge in [0, 0.05) is 26.5 Å². The standard InChI is InChI=1S/C14H14BrNO3S/c1-2-18-14(17)12-4-3-10(16)6-13(12)19-7-11-5-9(15)8-20-11/h3-6,8H,2,7,16H2,1H3. The number of ether oxygens (including phenoxy) is 2. The first-order valence-corrected chi connectivity index (χ1v) is 7.69. The summed E-state index contributed by atoms with van der Waals surface area (Å²) in [4.78, 5) is 12.9. The topological polar surface area (TPSA) is 61.5 Å². The maximum atomic E-state index is 11.8. The predicted octanol–water partition coefficient (Wildman–Crippen LogP) is 3.85. The molecule has 0 fully saturated rings. The summed E-state index contributed by atoms with van der Waals surface area (Å²) < 4.78 is 11.7. The van der Waals surface area contributed by atoms with Crippen LogP contribution in [0.4, 0.5) is 5.69 Å². The van der Waals surface area contributed by atoms with E-state index in [4.69, 9.17) is 15.2 Å². The fraction of sp³-hybridized carbons (Fsp3) is 0.214. The molecule has 1 aromatic carbocycles. The van der Waals surface area contributed by atoms with E-state index in [9.17, 15) is 4.79 Å². The lowest BCUT2D eigenvalue weighted by Gasteiger charge is -2.11. The number of benzene rings is 1. The van der Waals surface area contributed by atoms with Gasteiger partial charge in [-0.2, -0.15) is 0 Å². The highest BCUT2D eigenvalue weighted by Crippen LogP contribution is 2.26. The summed E-state index contributed by atoms with van der Waals surface area (Å²) in [5.74, 6) is 0.0304. The Balaban J connectivity index is 2.16. The quantitative estimate of drug-likeness (QED) is 0.653. The molecule has 0 bridgehead atoms. The molecule has 2 aromatic rings. The Morgan fingerprint density at radius 3 is 2.85 bits per heavy atom. The van der Waals surface area contributed by atoms with E-state index in [1.807, 2.05) is 11.4 Å². The van der Waals surface area contributed by atoms with Gasteiger partial charge in [-0.1, -0.05) is 0 Å². The van der Waals surface area contributed by atoms with Crippen LogP contribution in [0.1, 0.15) is 22.2 Å². The van der Waals surface area contributed by atoms with E-state index < -0.39 is 5.97 Å². The van der Waals surface area contributed by atoms with Gasteiger partial charge in [0.15, 0.2) is 0 Å². The van der Waals surface area contributed by atoms with Gasteiger partial charge in [-0.05, 0) is 41.1 Å². The molecule has 106 valence electrons. The highest BCUT2D eigenvalue weighted by atomic mass is 79.9. The minimum absolute atomic E-state index is 0.320. The van der Waals surface area contributed by atoms with E-state index in [2.05, 4.69) is 15.9 Å². The van der Waals surface area contributed by atoms with Crippen molar-refractivity contribution in [2.45, 2.75) is 13.5 Å². The lowest BCUT2D eigenvalue weighted by Crippen LogP contribution is -2.08. The Morgan fingerprint density at radius 2 is 2.20 bits per heavy atom. The van der Waals surface area contributed by atoms with Crippen molar-refractivity contribution in [3.8, 4) is 5.75 Å². The maximum absolute atomic E-state index is 11.8. The Hall–Kier alpha value is -1.53. The summed E-state index contributed by atoms with van der Waals surface area (Å²) in [6, 6.07) is 6.88. The lowest BCUT2D eigenvalue weighted by atomic mass is 10.2. The average molecular weight is 356 g/mol. The Kier molecular flexibility index (Phi) is 5.03. The van der Waals surface area contributed by atoms with Crippen molar-refractivity contribution in [3.63, 3.8) is 0 Å². The molecule has 0 saturated carbocycles. The average Bonchev–Trinajstić information content (AvgIpc) is 2.82. The molecule has 2 N–H and O–H groups in total. The highest BCUT2D eigenvalue weighted by Gasteiger charge is 2.14. The lowest BCUT2D eigenvalue weighted by molar-refractivity contribution is 0.0521. The number of rotatable bonds is 5. The Bertz CT molecular complexity index is 612. The van der Waals surface area contributed by atoms with Crippen LogP contribution in [0.2, 0.25) is 0 Å². The fourth-order valence-corrected chi connectivity index (χ4v) is 2.98. The van der Waals surface area contributed by atoms with Crippen molar-refractivity contribution in [1.82, 2.24) is 0 Å². The second-order valence-corrected chi connectivity index (χ2v) is 5.91. The van der Waals surface area contributed by atoms with Crippen LogP contribution in [0.5, 0.6) is 5.75 Å². The third kappa shape index (κ3) is 3.74. The van der Waals surface area contributed by atoms with Crippen LogP contribution in [0.15, 0.2) is 34.1 Å². The van der Waals surface area contributed by atoms with Crippen LogP contribution < -0.4 is 10.5 Å². The number of hydrogen-bond acceptors (Lipinski definition) is 5. The zero-order chi connectivity index (χ0) is 14.5. The molecule has 6 heteroatoms. The predicted molar refractivity (Wildman–Crippen MR) is 83.2 cm³/mol. The molecule has 0 amide bonds. The van der Waals surface area contributed by atoms with E-state index in [0.717, 1.165) is 9.35 Å². The minimum Gasteiger partial charge on any atom is -0.487 e. The zero-order valence-corrected chi connectivity index (χ0v) is 13.3. The summed E-state index contributed by atoms with van der Waals surface area (Å²) in [6.07, 6.45) is 0. The second kappa shape index (κ2) is 6.76.